The van der Waals surface area contributed by atoms with Crippen LogP contribution < -0.4 is 15.5 Å². The predicted octanol–water partition coefficient (Wildman–Crippen LogP) is 3.30. The SMILES string of the molecule is CN(C)c1ccc(NC(=O)Nc2cccc([N+](=O)[O-])c2)cc1. The zero-order chi connectivity index (χ0) is 16.1. The van der Waals surface area contributed by atoms with Crippen LogP contribution in [0.3, 0.4) is 0 Å². The zero-order valence-electron chi connectivity index (χ0n) is 12.2. The summed E-state index contributed by atoms with van der Waals surface area (Å²) >= 11 is 0. The molecule has 2 aromatic rings. The van der Waals surface area contributed by atoms with Gasteiger partial charge < -0.3 is 15.5 Å². The highest BCUT2D eigenvalue weighted by atomic mass is 16.6. The molecule has 0 aromatic heterocycles. The van der Waals surface area contributed by atoms with Gasteiger partial charge in [-0.15, -0.1) is 0 Å². The van der Waals surface area contributed by atoms with Crippen LogP contribution in [-0.4, -0.2) is 25.0 Å². The van der Waals surface area contributed by atoms with Crippen molar-refractivity contribution in [3.8, 4) is 0 Å². The third kappa shape index (κ3) is 3.95. The molecule has 0 fully saturated rings. The van der Waals surface area contributed by atoms with Crippen LogP contribution >= 0.6 is 0 Å². The molecule has 2 rings (SSSR count). The number of nitro groups is 1. The van der Waals surface area contributed by atoms with Crippen molar-refractivity contribution >= 4 is 28.8 Å². The molecule has 2 amide bonds. The van der Waals surface area contributed by atoms with Crippen molar-refractivity contribution in [3.63, 3.8) is 0 Å². The van der Waals surface area contributed by atoms with Gasteiger partial charge in [0.2, 0.25) is 0 Å². The van der Waals surface area contributed by atoms with Crippen LogP contribution in [0.1, 0.15) is 0 Å². The summed E-state index contributed by atoms with van der Waals surface area (Å²) in [5.74, 6) is 0. The van der Waals surface area contributed by atoms with Crippen molar-refractivity contribution in [2.75, 3.05) is 29.6 Å². The van der Waals surface area contributed by atoms with E-state index < -0.39 is 11.0 Å². The fraction of sp³-hybridized carbons (Fsp3) is 0.133. The molecule has 114 valence electrons. The third-order valence-electron chi connectivity index (χ3n) is 2.96. The number of carbonyl (C=O) groups excluding carboxylic acids is 1. The Morgan fingerprint density at radius 3 is 2.27 bits per heavy atom. The number of hydrogen-bond donors (Lipinski definition) is 2. The molecule has 0 aliphatic rings. The van der Waals surface area contributed by atoms with Gasteiger partial charge >= 0.3 is 6.03 Å². The normalized spacial score (nSPS) is 9.91. The number of hydrogen-bond acceptors (Lipinski definition) is 4. The van der Waals surface area contributed by atoms with E-state index in [4.69, 9.17) is 0 Å². The zero-order valence-corrected chi connectivity index (χ0v) is 12.2. The monoisotopic (exact) mass is 300 g/mol. The maximum atomic E-state index is 11.9. The molecule has 0 saturated carbocycles. The fourth-order valence-corrected chi connectivity index (χ4v) is 1.83. The molecule has 0 heterocycles. The molecule has 0 radical (unpaired) electrons. The van der Waals surface area contributed by atoms with Crippen molar-refractivity contribution < 1.29 is 9.72 Å². The van der Waals surface area contributed by atoms with Gasteiger partial charge in [-0.25, -0.2) is 4.79 Å². The first-order valence-corrected chi connectivity index (χ1v) is 6.55. The van der Waals surface area contributed by atoms with Gasteiger partial charge in [0.05, 0.1) is 4.92 Å². The Balaban J connectivity index is 2.00. The summed E-state index contributed by atoms with van der Waals surface area (Å²) in [6.45, 7) is 0. The van der Waals surface area contributed by atoms with Gasteiger partial charge in [0.1, 0.15) is 0 Å². The number of nitrogens with one attached hydrogen (secondary N) is 2. The fourth-order valence-electron chi connectivity index (χ4n) is 1.83. The Hall–Kier alpha value is -3.09. The van der Waals surface area contributed by atoms with Crippen molar-refractivity contribution in [1.82, 2.24) is 0 Å². The summed E-state index contributed by atoms with van der Waals surface area (Å²) < 4.78 is 0. The number of benzene rings is 2. The van der Waals surface area contributed by atoms with Gasteiger partial charge in [0.15, 0.2) is 0 Å². The third-order valence-corrected chi connectivity index (χ3v) is 2.96. The number of nitro benzene ring substituents is 1. The van der Waals surface area contributed by atoms with Crippen molar-refractivity contribution in [2.45, 2.75) is 0 Å². The Bertz CT molecular complexity index is 683. The molecule has 0 saturated heterocycles. The van der Waals surface area contributed by atoms with Crippen LogP contribution in [0.4, 0.5) is 27.5 Å². The van der Waals surface area contributed by atoms with Gasteiger partial charge in [-0.2, -0.15) is 0 Å². The molecule has 2 aromatic carbocycles. The maximum absolute atomic E-state index is 11.9. The predicted molar refractivity (Wildman–Crippen MR) is 86.5 cm³/mol. The average molecular weight is 300 g/mol. The van der Waals surface area contributed by atoms with E-state index in [9.17, 15) is 14.9 Å². The second kappa shape index (κ2) is 6.57. The Morgan fingerprint density at radius 1 is 1.05 bits per heavy atom. The molecule has 0 bridgehead atoms. The Kier molecular flexibility index (Phi) is 4.57. The lowest BCUT2D eigenvalue weighted by atomic mass is 10.2. The van der Waals surface area contributed by atoms with Gasteiger partial charge in [0, 0.05) is 43.3 Å². The van der Waals surface area contributed by atoms with Crippen LogP contribution in [-0.2, 0) is 0 Å². The lowest BCUT2D eigenvalue weighted by molar-refractivity contribution is -0.384. The summed E-state index contributed by atoms with van der Waals surface area (Å²) in [6, 6.07) is 12.6. The molecular weight excluding hydrogens is 284 g/mol. The van der Waals surface area contributed by atoms with E-state index in [-0.39, 0.29) is 5.69 Å². The second-order valence-corrected chi connectivity index (χ2v) is 4.83. The van der Waals surface area contributed by atoms with Crippen molar-refractivity contribution in [3.05, 3.63) is 58.6 Å². The van der Waals surface area contributed by atoms with Gasteiger partial charge in [-0.3, -0.25) is 10.1 Å². The van der Waals surface area contributed by atoms with Crippen molar-refractivity contribution in [1.29, 1.82) is 0 Å². The number of nitrogens with zero attached hydrogens (tertiary/aromatic N) is 2. The molecule has 0 unspecified atom stereocenters. The lowest BCUT2D eigenvalue weighted by Crippen LogP contribution is -2.19. The highest BCUT2D eigenvalue weighted by Gasteiger charge is 2.08. The van der Waals surface area contributed by atoms with E-state index in [2.05, 4.69) is 10.6 Å². The minimum absolute atomic E-state index is 0.0758. The van der Waals surface area contributed by atoms with Gasteiger partial charge in [0.25, 0.3) is 5.69 Å². The molecule has 0 aliphatic heterocycles. The van der Waals surface area contributed by atoms with Crippen LogP contribution in [0.2, 0.25) is 0 Å². The van der Waals surface area contributed by atoms with Crippen LogP contribution in [0, 0.1) is 10.1 Å². The van der Waals surface area contributed by atoms with Crippen LogP contribution in [0.25, 0.3) is 0 Å². The minimum atomic E-state index is -0.511. The summed E-state index contributed by atoms with van der Waals surface area (Å²) in [5, 5.41) is 15.9. The van der Waals surface area contributed by atoms with E-state index in [1.54, 1.807) is 18.2 Å². The quantitative estimate of drug-likeness (QED) is 0.670. The lowest BCUT2D eigenvalue weighted by Gasteiger charge is -2.13. The highest BCUT2D eigenvalue weighted by molar-refractivity contribution is 6.00. The Labute approximate surface area is 127 Å². The molecule has 0 atom stereocenters. The largest absolute Gasteiger partial charge is 0.378 e. The highest BCUT2D eigenvalue weighted by Crippen LogP contribution is 2.18. The number of urea groups is 1. The van der Waals surface area contributed by atoms with Gasteiger partial charge in [-0.1, -0.05) is 6.07 Å². The van der Waals surface area contributed by atoms with Crippen molar-refractivity contribution in [2.24, 2.45) is 0 Å². The van der Waals surface area contributed by atoms with E-state index in [0.29, 0.717) is 11.4 Å². The average Bonchev–Trinajstić information content (AvgIpc) is 2.47. The Morgan fingerprint density at radius 2 is 1.68 bits per heavy atom. The number of non-ortho nitro benzene ring substituents is 1. The first-order valence-electron chi connectivity index (χ1n) is 6.55. The number of anilines is 3. The molecule has 0 aliphatic carbocycles. The molecule has 0 spiro atoms. The van der Waals surface area contributed by atoms with Crippen LogP contribution in [0.15, 0.2) is 48.5 Å². The summed E-state index contributed by atoms with van der Waals surface area (Å²) in [7, 11) is 3.86. The molecule has 2 N–H and O–H groups in total. The summed E-state index contributed by atoms with van der Waals surface area (Å²) in [5.41, 5.74) is 1.93. The smallest absolute Gasteiger partial charge is 0.323 e. The first kappa shape index (κ1) is 15.3. The number of carbonyl (C=O) groups is 1. The molecule has 22 heavy (non-hydrogen) atoms. The number of rotatable bonds is 4. The maximum Gasteiger partial charge on any atom is 0.323 e. The van der Waals surface area contributed by atoms with E-state index >= 15 is 0 Å². The second-order valence-electron chi connectivity index (χ2n) is 4.83. The molecule has 7 nitrogen and oxygen atoms in total. The number of amides is 2. The first-order chi connectivity index (χ1) is 10.5. The van der Waals surface area contributed by atoms with Gasteiger partial charge in [-0.05, 0) is 30.3 Å². The summed E-state index contributed by atoms with van der Waals surface area (Å²) in [6.07, 6.45) is 0. The van der Waals surface area contributed by atoms with E-state index in [1.165, 1.54) is 18.2 Å². The standard InChI is InChI=1S/C15H16N4O3/c1-18(2)13-8-6-11(7-9-13)16-15(20)17-12-4-3-5-14(10-12)19(21)22/h3-10H,1-2H3,(H2,16,17,20). The van der Waals surface area contributed by atoms with E-state index in [1.807, 2.05) is 31.1 Å². The molecule has 7 heteroatoms. The molecular formula is C15H16N4O3. The van der Waals surface area contributed by atoms with E-state index in [0.717, 1.165) is 5.69 Å². The minimum Gasteiger partial charge on any atom is -0.378 e. The topological polar surface area (TPSA) is 87.5 Å². The van der Waals surface area contributed by atoms with Crippen LogP contribution in [0.5, 0.6) is 0 Å². The summed E-state index contributed by atoms with van der Waals surface area (Å²) in [4.78, 5) is 24.0.